The quantitative estimate of drug-likeness (QED) is 0.825. The van der Waals surface area contributed by atoms with Crippen LogP contribution in [0.4, 0.5) is 5.69 Å². The lowest BCUT2D eigenvalue weighted by atomic mass is 10.2. The summed E-state index contributed by atoms with van der Waals surface area (Å²) >= 11 is 0. The summed E-state index contributed by atoms with van der Waals surface area (Å²) in [6.45, 7) is 2.31. The Hall–Kier alpha value is -2.31. The Labute approximate surface area is 111 Å². The Balaban J connectivity index is 2.12. The lowest BCUT2D eigenvalue weighted by molar-refractivity contribution is 0.0941. The average Bonchev–Trinajstić information content (AvgIpc) is 2.90. The first-order valence-corrected chi connectivity index (χ1v) is 6.10. The normalized spacial score (nSPS) is 10.7. The molecule has 1 amide bonds. The second kappa shape index (κ2) is 5.13. The Morgan fingerprint density at radius 1 is 1.47 bits per heavy atom. The second-order valence-electron chi connectivity index (χ2n) is 4.32. The van der Waals surface area contributed by atoms with E-state index in [1.165, 1.54) is 4.68 Å². The second-order valence-corrected chi connectivity index (χ2v) is 4.32. The van der Waals surface area contributed by atoms with Gasteiger partial charge in [0.05, 0.1) is 17.9 Å². The van der Waals surface area contributed by atoms with Gasteiger partial charge in [-0.3, -0.25) is 9.48 Å². The zero-order valence-corrected chi connectivity index (χ0v) is 11.3. The maximum atomic E-state index is 12.1. The molecule has 0 aromatic carbocycles. The van der Waals surface area contributed by atoms with Gasteiger partial charge in [-0.15, -0.1) is 0 Å². The van der Waals surface area contributed by atoms with Crippen molar-refractivity contribution in [2.24, 2.45) is 14.1 Å². The van der Waals surface area contributed by atoms with E-state index >= 15 is 0 Å². The van der Waals surface area contributed by atoms with Gasteiger partial charge in [-0.05, 0) is 6.42 Å². The van der Waals surface area contributed by atoms with Crippen molar-refractivity contribution < 1.29 is 4.79 Å². The van der Waals surface area contributed by atoms with Crippen molar-refractivity contribution in [3.8, 4) is 0 Å². The molecule has 3 N–H and O–H groups in total. The van der Waals surface area contributed by atoms with Crippen LogP contribution >= 0.6 is 0 Å². The number of amides is 1. The number of anilines is 1. The highest BCUT2D eigenvalue weighted by Gasteiger charge is 2.19. The zero-order valence-electron chi connectivity index (χ0n) is 11.3. The van der Waals surface area contributed by atoms with Gasteiger partial charge in [0.25, 0.3) is 5.91 Å². The number of nitrogens with two attached hydrogens (primary N) is 1. The van der Waals surface area contributed by atoms with Gasteiger partial charge in [-0.25, -0.2) is 4.98 Å². The van der Waals surface area contributed by atoms with E-state index in [1.54, 1.807) is 13.2 Å². The van der Waals surface area contributed by atoms with E-state index in [4.69, 9.17) is 5.73 Å². The zero-order chi connectivity index (χ0) is 14.0. The minimum Gasteiger partial charge on any atom is -0.395 e. The maximum Gasteiger partial charge on any atom is 0.272 e. The molecule has 2 aromatic heterocycles. The van der Waals surface area contributed by atoms with E-state index in [-0.39, 0.29) is 5.91 Å². The number of aryl methyl sites for hydroxylation is 3. The highest BCUT2D eigenvalue weighted by molar-refractivity contribution is 5.97. The summed E-state index contributed by atoms with van der Waals surface area (Å²) in [5.74, 6) is 0.542. The number of hydrogen-bond donors (Lipinski definition) is 2. The van der Waals surface area contributed by atoms with Crippen LogP contribution in [0.3, 0.4) is 0 Å². The van der Waals surface area contributed by atoms with E-state index < -0.39 is 0 Å². The first kappa shape index (κ1) is 13.1. The number of nitrogens with zero attached hydrogens (tertiary/aromatic N) is 4. The number of hydrogen-bond acceptors (Lipinski definition) is 4. The molecule has 7 nitrogen and oxygen atoms in total. The minimum absolute atomic E-state index is 0.241. The highest BCUT2D eigenvalue weighted by atomic mass is 16.2. The lowest BCUT2D eigenvalue weighted by Crippen LogP contribution is -2.27. The van der Waals surface area contributed by atoms with Crippen LogP contribution < -0.4 is 11.1 Å². The number of carbonyl (C=O) groups is 1. The van der Waals surface area contributed by atoms with Crippen LogP contribution in [0.1, 0.15) is 28.9 Å². The average molecular weight is 262 g/mol. The molecule has 0 saturated heterocycles. The van der Waals surface area contributed by atoms with Gasteiger partial charge in [0.2, 0.25) is 0 Å². The van der Waals surface area contributed by atoms with Gasteiger partial charge in [-0.1, -0.05) is 6.92 Å². The van der Waals surface area contributed by atoms with Crippen molar-refractivity contribution in [1.29, 1.82) is 0 Å². The molecule has 102 valence electrons. The summed E-state index contributed by atoms with van der Waals surface area (Å²) in [5.41, 5.74) is 7.51. The molecule has 0 aliphatic heterocycles. The van der Waals surface area contributed by atoms with Crippen molar-refractivity contribution >= 4 is 11.6 Å². The van der Waals surface area contributed by atoms with Crippen LogP contribution in [0.15, 0.2) is 12.4 Å². The number of nitrogens with one attached hydrogen (secondary N) is 1. The third-order valence-corrected chi connectivity index (χ3v) is 3.04. The third kappa shape index (κ3) is 2.44. The molecule has 2 heterocycles. The SMILES string of the molecule is CCc1nn(C)c(C(=O)NCc2nccn2C)c1N. The summed E-state index contributed by atoms with van der Waals surface area (Å²) in [6.07, 6.45) is 4.22. The fraction of sp³-hybridized carbons (Fsp3) is 0.417. The van der Waals surface area contributed by atoms with Crippen LogP contribution in [0.5, 0.6) is 0 Å². The third-order valence-electron chi connectivity index (χ3n) is 3.04. The maximum absolute atomic E-state index is 12.1. The first-order valence-electron chi connectivity index (χ1n) is 6.10. The summed E-state index contributed by atoms with van der Waals surface area (Å²) < 4.78 is 3.37. The standard InChI is InChI=1S/C12H18N6O/c1-4-8-10(13)11(18(3)16-8)12(19)15-7-9-14-5-6-17(9)2/h5-6H,4,7,13H2,1-3H3,(H,15,19). The Kier molecular flexibility index (Phi) is 3.55. The number of aromatic nitrogens is 4. The van der Waals surface area contributed by atoms with Crippen molar-refractivity contribution in [3.63, 3.8) is 0 Å². The summed E-state index contributed by atoms with van der Waals surface area (Å²) in [7, 11) is 3.59. The minimum atomic E-state index is -0.241. The predicted octanol–water partition coefficient (Wildman–Crippen LogP) is 0.228. The molecular formula is C12H18N6O. The Bertz CT molecular complexity index is 597. The van der Waals surface area contributed by atoms with E-state index in [1.807, 2.05) is 24.7 Å². The molecule has 19 heavy (non-hydrogen) atoms. The number of rotatable bonds is 4. The molecule has 2 rings (SSSR count). The van der Waals surface area contributed by atoms with Crippen LogP contribution in [0.2, 0.25) is 0 Å². The number of imidazole rings is 1. The topological polar surface area (TPSA) is 90.8 Å². The van der Waals surface area contributed by atoms with Crippen molar-refractivity contribution in [1.82, 2.24) is 24.6 Å². The van der Waals surface area contributed by atoms with Gasteiger partial charge in [-0.2, -0.15) is 5.10 Å². The molecule has 0 saturated carbocycles. The molecule has 0 fully saturated rings. The van der Waals surface area contributed by atoms with Gasteiger partial charge in [0.15, 0.2) is 0 Å². The van der Waals surface area contributed by atoms with Crippen LogP contribution in [-0.2, 0) is 27.1 Å². The smallest absolute Gasteiger partial charge is 0.272 e. The molecule has 0 bridgehead atoms. The van der Waals surface area contributed by atoms with E-state index in [2.05, 4.69) is 15.4 Å². The first-order chi connectivity index (χ1) is 9.04. The molecule has 0 aliphatic carbocycles. The lowest BCUT2D eigenvalue weighted by Gasteiger charge is -2.06. The van der Waals surface area contributed by atoms with Crippen LogP contribution in [0.25, 0.3) is 0 Å². The van der Waals surface area contributed by atoms with Gasteiger partial charge in [0, 0.05) is 26.5 Å². The fourth-order valence-electron chi connectivity index (χ4n) is 1.94. The van der Waals surface area contributed by atoms with Gasteiger partial charge >= 0.3 is 0 Å². The largest absolute Gasteiger partial charge is 0.395 e. The van der Waals surface area contributed by atoms with Gasteiger partial charge in [0.1, 0.15) is 11.5 Å². The molecular weight excluding hydrogens is 244 g/mol. The molecule has 2 aromatic rings. The number of nitrogen functional groups attached to an aromatic ring is 1. The Morgan fingerprint density at radius 3 is 2.74 bits per heavy atom. The van der Waals surface area contributed by atoms with Crippen LogP contribution in [0, 0.1) is 0 Å². The van der Waals surface area contributed by atoms with Crippen molar-refractivity contribution in [2.45, 2.75) is 19.9 Å². The monoisotopic (exact) mass is 262 g/mol. The van der Waals surface area contributed by atoms with Gasteiger partial charge < -0.3 is 15.6 Å². The predicted molar refractivity (Wildman–Crippen MR) is 71.4 cm³/mol. The van der Waals surface area contributed by atoms with Crippen LogP contribution in [-0.4, -0.2) is 25.2 Å². The van der Waals surface area contributed by atoms with E-state index in [9.17, 15) is 4.79 Å². The summed E-state index contributed by atoms with van der Waals surface area (Å²) in [4.78, 5) is 16.3. The molecule has 0 aliphatic rings. The number of carbonyl (C=O) groups excluding carboxylic acids is 1. The molecule has 0 unspecified atom stereocenters. The van der Waals surface area contributed by atoms with Crippen molar-refractivity contribution in [2.75, 3.05) is 5.73 Å². The van der Waals surface area contributed by atoms with Crippen molar-refractivity contribution in [3.05, 3.63) is 29.6 Å². The summed E-state index contributed by atoms with van der Waals surface area (Å²) in [5, 5.41) is 7.02. The Morgan fingerprint density at radius 2 is 2.21 bits per heavy atom. The van der Waals surface area contributed by atoms with E-state index in [0.29, 0.717) is 24.3 Å². The molecule has 7 heteroatoms. The molecule has 0 atom stereocenters. The summed E-state index contributed by atoms with van der Waals surface area (Å²) in [6, 6.07) is 0. The fourth-order valence-corrected chi connectivity index (χ4v) is 1.94. The highest BCUT2D eigenvalue weighted by Crippen LogP contribution is 2.16. The van der Waals surface area contributed by atoms with E-state index in [0.717, 1.165) is 11.5 Å². The molecule has 0 spiro atoms. The molecule has 0 radical (unpaired) electrons.